The van der Waals surface area contributed by atoms with Gasteiger partial charge in [-0.1, -0.05) is 287 Å². The minimum atomic E-state index is -1.91. The molecule has 3 aliphatic heterocycles. The van der Waals surface area contributed by atoms with Gasteiger partial charge in [0.05, 0.1) is 0 Å². The predicted molar refractivity (Wildman–Crippen MR) is 430 cm³/mol. The van der Waals surface area contributed by atoms with Crippen LogP contribution in [0.5, 0.6) is 28.7 Å². The molecule has 3 atom stereocenters. The van der Waals surface area contributed by atoms with Crippen LogP contribution in [0.15, 0.2) is 109 Å². The summed E-state index contributed by atoms with van der Waals surface area (Å²) in [4.78, 5) is 44.8. The zero-order valence-corrected chi connectivity index (χ0v) is 70.3. The zero-order valence-electron chi connectivity index (χ0n) is 69.4. The number of carbonyl (C=O) groups excluding carboxylic acids is 3. The molecule has 3 unspecified atom stereocenters. The van der Waals surface area contributed by atoms with E-state index in [2.05, 4.69) is 299 Å². The second kappa shape index (κ2) is 28.5. The van der Waals surface area contributed by atoms with Crippen LogP contribution < -0.4 is 23.3 Å². The molecule has 8 nitrogen and oxygen atoms in total. The molecular formula is C94H131O8P. The smallest absolute Gasteiger partial charge is 0.323 e. The highest BCUT2D eigenvalue weighted by atomic mass is 31.2. The van der Waals surface area contributed by atoms with Crippen LogP contribution in [0.25, 0.3) is 0 Å². The van der Waals surface area contributed by atoms with Crippen molar-refractivity contribution in [2.24, 2.45) is 32.5 Å². The molecule has 0 saturated heterocycles. The summed E-state index contributed by atoms with van der Waals surface area (Å²) >= 11 is 0. The maximum absolute atomic E-state index is 15.0. The van der Waals surface area contributed by atoms with Crippen molar-refractivity contribution in [2.45, 2.75) is 316 Å². The van der Waals surface area contributed by atoms with Gasteiger partial charge in [0.15, 0.2) is 0 Å². The summed E-state index contributed by atoms with van der Waals surface area (Å²) in [6.45, 7) is 68.8. The molecule has 0 bridgehead atoms. The van der Waals surface area contributed by atoms with Crippen molar-refractivity contribution >= 4 is 26.3 Å². The monoisotopic (exact) mass is 1420 g/mol. The first-order valence-electron chi connectivity index (χ1n) is 38.5. The number of unbranched alkanes of at least 4 members (excludes halogenated alkanes) is 1. The van der Waals surface area contributed by atoms with Crippen LogP contribution >= 0.6 is 8.38 Å². The Balaban J connectivity index is 1.20. The van der Waals surface area contributed by atoms with Gasteiger partial charge in [-0.25, -0.2) is 0 Å². The van der Waals surface area contributed by atoms with Crippen LogP contribution in [0.3, 0.4) is 0 Å². The van der Waals surface area contributed by atoms with E-state index in [0.29, 0.717) is 47.8 Å². The van der Waals surface area contributed by atoms with Crippen LogP contribution in [-0.4, -0.2) is 24.1 Å². The van der Waals surface area contributed by atoms with Crippen molar-refractivity contribution in [2.75, 3.05) is 6.16 Å². The number of benzene rings is 6. The maximum atomic E-state index is 15.0. The number of fused-ring (bicyclic) bond motifs is 3. The Kier molecular flexibility index (Phi) is 22.4. The average Bonchev–Trinajstić information content (AvgIpc) is 1.67. The molecule has 0 aromatic heterocycles. The Labute approximate surface area is 625 Å². The zero-order chi connectivity index (χ0) is 76.8. The molecule has 0 N–H and O–H groups in total. The van der Waals surface area contributed by atoms with Crippen LogP contribution in [0.1, 0.15) is 349 Å². The van der Waals surface area contributed by atoms with Crippen molar-refractivity contribution < 1.29 is 37.6 Å². The van der Waals surface area contributed by atoms with E-state index >= 15 is 9.59 Å². The van der Waals surface area contributed by atoms with Gasteiger partial charge in [-0.15, -0.1) is 0 Å². The number of hydrogen-bond acceptors (Lipinski definition) is 8. The summed E-state index contributed by atoms with van der Waals surface area (Å²) in [6.07, 6.45) is 8.16. The summed E-state index contributed by atoms with van der Waals surface area (Å²) in [5.74, 6) is -0.263. The predicted octanol–water partition coefficient (Wildman–Crippen LogP) is 25.9. The van der Waals surface area contributed by atoms with E-state index in [4.69, 9.17) is 23.3 Å². The molecule has 0 radical (unpaired) electrons. The largest absolute Gasteiger partial charge is 0.438 e. The summed E-state index contributed by atoms with van der Waals surface area (Å²) in [5.41, 5.74) is 11.9. The standard InChI is InChI=1S/C94H131O8P/c1-83(2,3)53-89(19,20)60-35-34-59(66(47-60)77-67-48-61(36-41-72(67)98-80(77)95)90(21,22)54-84(4,5)6)33-31-32-46-103(101-75-44-39-64(93(27,28)57-87(13,14)15)51-70(75)78-68-49-62(37-42-73(68)99-81(78)96)91(23,24)55-85(7,8)9)102-76-45-40-65(94(29,30)58-88(16,17)18)52-71(76)79-69-50-63(38-43-74(69)100-82(79)97)92(25,26)56-86(10,11)12/h34-45,47-52,77-79H,31-33,46,53-58H2,1-30H3. The lowest BCUT2D eigenvalue weighted by molar-refractivity contribution is -0.134. The van der Waals surface area contributed by atoms with Gasteiger partial charge in [-0.2, -0.15) is 0 Å². The molecular weight excluding hydrogens is 1290 g/mol. The van der Waals surface area contributed by atoms with E-state index in [0.717, 1.165) is 106 Å². The third kappa shape index (κ3) is 19.7. The van der Waals surface area contributed by atoms with E-state index in [-0.39, 0.29) is 82.9 Å². The van der Waals surface area contributed by atoms with Gasteiger partial charge in [0.1, 0.15) is 46.5 Å². The fourth-order valence-corrected chi connectivity index (χ4v) is 20.6. The minimum absolute atomic E-state index is 0.00226. The molecule has 6 aromatic carbocycles. The highest BCUT2D eigenvalue weighted by molar-refractivity contribution is 7.48. The van der Waals surface area contributed by atoms with Crippen molar-refractivity contribution in [3.05, 3.63) is 182 Å². The lowest BCUT2D eigenvalue weighted by Crippen LogP contribution is -2.26. The first-order chi connectivity index (χ1) is 46.9. The molecule has 9 rings (SSSR count). The summed E-state index contributed by atoms with van der Waals surface area (Å²) < 4.78 is 34.3. The van der Waals surface area contributed by atoms with Crippen molar-refractivity contribution in [1.82, 2.24) is 0 Å². The first-order valence-corrected chi connectivity index (χ1v) is 39.9. The molecule has 103 heavy (non-hydrogen) atoms. The Morgan fingerprint density at radius 1 is 0.291 bits per heavy atom. The van der Waals surface area contributed by atoms with E-state index < -0.39 is 26.1 Å². The van der Waals surface area contributed by atoms with Gasteiger partial charge in [0.25, 0.3) is 8.38 Å². The second-order valence-electron chi connectivity index (χ2n) is 42.7. The van der Waals surface area contributed by atoms with Gasteiger partial charge in [-0.05, 0) is 198 Å². The Bertz CT molecular complexity index is 3950. The van der Waals surface area contributed by atoms with Crippen LogP contribution in [0, 0.1) is 32.5 Å². The molecule has 3 heterocycles. The summed E-state index contributed by atoms with van der Waals surface area (Å²) in [5, 5.41) is 0. The van der Waals surface area contributed by atoms with Crippen LogP contribution in [0.2, 0.25) is 0 Å². The van der Waals surface area contributed by atoms with Gasteiger partial charge in [0.2, 0.25) is 0 Å². The molecule has 3 aliphatic rings. The lowest BCUT2D eigenvalue weighted by Gasteiger charge is -2.34. The summed E-state index contributed by atoms with van der Waals surface area (Å²) in [6, 6.07) is 38.8. The molecule has 6 aromatic rings. The molecule has 0 spiro atoms. The van der Waals surface area contributed by atoms with Crippen molar-refractivity contribution in [3.63, 3.8) is 0 Å². The molecule has 0 saturated carbocycles. The summed E-state index contributed by atoms with van der Waals surface area (Å²) in [7, 11) is -1.91. The van der Waals surface area contributed by atoms with Gasteiger partial charge < -0.3 is 23.3 Å². The normalized spacial score (nSPS) is 17.6. The van der Waals surface area contributed by atoms with Crippen LogP contribution in [0.4, 0.5) is 0 Å². The molecule has 0 aliphatic carbocycles. The highest BCUT2D eigenvalue weighted by Crippen LogP contribution is 2.55. The number of aryl methyl sites for hydroxylation is 1. The van der Waals surface area contributed by atoms with Gasteiger partial charge in [0, 0.05) is 34.0 Å². The topological polar surface area (TPSA) is 97.4 Å². The molecule has 560 valence electrons. The number of esters is 3. The SMILES string of the molecule is CC(C)(C)CC(C)(C)c1ccc(CCCCP(Oc2ccc(C(C)(C)CC(C)(C)C)cc2C2C(=O)Oc3ccc(C(C)(C)CC(C)(C)C)cc32)Oc2ccc(C(C)(C)CC(C)(C)C)cc2C2C(=O)Oc3ccc(C(C)(C)CC(C)(C)C)cc32)c(C2C(=O)Oc3ccc(C(C)(C)CC(C)(C)C)cc32)c1. The number of hydrogen-bond donors (Lipinski definition) is 0. The third-order valence-electron chi connectivity index (χ3n) is 21.4. The first kappa shape index (κ1) is 80.8. The second-order valence-corrected chi connectivity index (χ2v) is 44.1. The maximum Gasteiger partial charge on any atom is 0.323 e. The number of rotatable bonds is 24. The average molecular weight is 1420 g/mol. The van der Waals surface area contributed by atoms with Crippen molar-refractivity contribution in [1.29, 1.82) is 0 Å². The molecule has 9 heteroatoms. The Morgan fingerprint density at radius 2 is 0.524 bits per heavy atom. The Hall–Kier alpha value is -6.24. The molecule has 0 amide bonds. The number of ether oxygens (including phenoxy) is 3. The van der Waals surface area contributed by atoms with Crippen LogP contribution in [-0.2, 0) is 53.3 Å². The highest BCUT2D eigenvalue weighted by Gasteiger charge is 2.45. The third-order valence-corrected chi connectivity index (χ3v) is 22.8. The lowest BCUT2D eigenvalue weighted by atomic mass is 9.70. The van der Waals surface area contributed by atoms with E-state index in [9.17, 15) is 4.79 Å². The fraction of sp³-hybridized carbons (Fsp3) is 0.585. The van der Waals surface area contributed by atoms with E-state index in [1.807, 2.05) is 18.2 Å². The molecule has 0 fully saturated rings. The van der Waals surface area contributed by atoms with E-state index in [1.54, 1.807) is 0 Å². The van der Waals surface area contributed by atoms with E-state index in [1.165, 1.54) is 11.1 Å². The van der Waals surface area contributed by atoms with Gasteiger partial charge >= 0.3 is 17.9 Å². The Morgan fingerprint density at radius 3 is 0.796 bits per heavy atom. The number of carbonyl (C=O) groups is 3. The fourth-order valence-electron chi connectivity index (χ4n) is 19.2. The van der Waals surface area contributed by atoms with Gasteiger partial charge in [-0.3, -0.25) is 14.4 Å². The van der Waals surface area contributed by atoms with Crippen molar-refractivity contribution in [3.8, 4) is 28.7 Å². The quantitative estimate of drug-likeness (QED) is 0.0256. The minimum Gasteiger partial charge on any atom is -0.438 e.